The van der Waals surface area contributed by atoms with Gasteiger partial charge in [-0.2, -0.15) is 5.10 Å². The first-order valence-electron chi connectivity index (χ1n) is 8.62. The van der Waals surface area contributed by atoms with E-state index in [0.717, 1.165) is 23.9 Å². The van der Waals surface area contributed by atoms with Crippen LogP contribution in [0.25, 0.3) is 5.69 Å². The van der Waals surface area contributed by atoms with Gasteiger partial charge in [-0.15, -0.1) is 0 Å². The van der Waals surface area contributed by atoms with Gasteiger partial charge >= 0.3 is 0 Å². The third kappa shape index (κ3) is 3.04. The van der Waals surface area contributed by atoms with Crippen molar-refractivity contribution >= 4 is 21.4 Å². The molecule has 1 aromatic heterocycles. The fourth-order valence-corrected chi connectivity index (χ4v) is 4.41. The number of aromatic nitrogens is 2. The zero-order valence-corrected chi connectivity index (χ0v) is 15.8. The second kappa shape index (κ2) is 6.35. The molecule has 1 amide bonds. The molecule has 0 unspecified atom stereocenters. The Balaban J connectivity index is 1.72. The van der Waals surface area contributed by atoms with Crippen LogP contribution in [0, 0.1) is 0 Å². The summed E-state index contributed by atoms with van der Waals surface area (Å²) in [4.78, 5) is 15.1. The number of amides is 1. The molecule has 0 bridgehead atoms. The van der Waals surface area contributed by atoms with Gasteiger partial charge in [-0.25, -0.2) is 13.1 Å². The predicted octanol–water partition coefficient (Wildman–Crippen LogP) is 2.87. The predicted molar refractivity (Wildman–Crippen MR) is 103 cm³/mol. The number of hydrogen-bond acceptors (Lipinski definition) is 4. The van der Waals surface area contributed by atoms with E-state index in [9.17, 15) is 13.2 Å². The van der Waals surface area contributed by atoms with Crippen LogP contribution in [0.15, 0.2) is 65.8 Å². The van der Waals surface area contributed by atoms with Crippen molar-refractivity contribution in [2.45, 2.75) is 24.3 Å². The molecule has 0 fully saturated rings. The number of carbonyl (C=O) groups is 1. The number of carbonyl (C=O) groups excluding carboxylic acids is 1. The second-order valence-corrected chi connectivity index (χ2v) is 8.75. The molecule has 0 saturated heterocycles. The Labute approximate surface area is 158 Å². The molecule has 4 rings (SSSR count). The molecule has 0 saturated carbocycles. The van der Waals surface area contributed by atoms with Crippen molar-refractivity contribution in [3.63, 3.8) is 0 Å². The number of fused-ring (bicyclic) bond motifs is 1. The van der Waals surface area contributed by atoms with Crippen LogP contribution in [0.3, 0.4) is 0 Å². The summed E-state index contributed by atoms with van der Waals surface area (Å²) in [6.07, 6.45) is 5.03. The van der Waals surface area contributed by atoms with Gasteiger partial charge in [-0.05, 0) is 37.1 Å². The number of hydrogen-bond donors (Lipinski definition) is 0. The van der Waals surface area contributed by atoms with E-state index in [1.807, 2.05) is 31.2 Å². The molecule has 3 aromatic rings. The number of benzene rings is 2. The summed E-state index contributed by atoms with van der Waals surface area (Å²) in [7, 11) is -3.41. The third-order valence-corrected chi connectivity index (χ3v) is 5.91. The maximum Gasteiger partial charge on any atom is 0.261 e. The lowest BCUT2D eigenvalue weighted by molar-refractivity contribution is 0.0981. The van der Waals surface area contributed by atoms with Crippen molar-refractivity contribution in [1.29, 1.82) is 0 Å². The van der Waals surface area contributed by atoms with Crippen LogP contribution in [0.2, 0.25) is 0 Å². The zero-order chi connectivity index (χ0) is 19.2. The van der Waals surface area contributed by atoms with Crippen molar-refractivity contribution < 1.29 is 13.2 Å². The molecular formula is C20H19N3O3S. The Bertz CT molecular complexity index is 1130. The standard InChI is InChI=1S/C20H19N3O3S/c1-14-11-15-7-3-4-8-17(15)23(14)20(24)16-12-21-22(13-16)18-9-5-6-10-19(18)27(2,25)26/h3-10,12-14H,11H2,1-2H3/t14-/m1/s1. The minimum absolute atomic E-state index is 0.0570. The normalized spacial score (nSPS) is 16.4. The van der Waals surface area contributed by atoms with E-state index in [4.69, 9.17) is 0 Å². The van der Waals surface area contributed by atoms with E-state index in [2.05, 4.69) is 5.10 Å². The van der Waals surface area contributed by atoms with Crippen LogP contribution in [-0.4, -0.2) is 36.4 Å². The van der Waals surface area contributed by atoms with Gasteiger partial charge in [0.05, 0.1) is 22.3 Å². The van der Waals surface area contributed by atoms with Gasteiger partial charge in [-0.1, -0.05) is 30.3 Å². The summed E-state index contributed by atoms with van der Waals surface area (Å²) < 4.78 is 25.5. The third-order valence-electron chi connectivity index (χ3n) is 4.77. The first-order chi connectivity index (χ1) is 12.9. The van der Waals surface area contributed by atoms with Crippen molar-refractivity contribution in [3.05, 3.63) is 72.1 Å². The van der Waals surface area contributed by atoms with Gasteiger partial charge in [0.25, 0.3) is 5.91 Å². The molecule has 2 heterocycles. The van der Waals surface area contributed by atoms with Gasteiger partial charge in [0.2, 0.25) is 0 Å². The van der Waals surface area contributed by atoms with E-state index in [1.54, 1.807) is 29.3 Å². The average Bonchev–Trinajstić information content (AvgIpc) is 3.24. The molecule has 0 spiro atoms. The van der Waals surface area contributed by atoms with E-state index in [-0.39, 0.29) is 16.8 Å². The van der Waals surface area contributed by atoms with Crippen LogP contribution in [0.5, 0.6) is 0 Å². The first-order valence-corrected chi connectivity index (χ1v) is 10.5. The van der Waals surface area contributed by atoms with Gasteiger partial charge in [0.15, 0.2) is 9.84 Å². The van der Waals surface area contributed by atoms with Crippen molar-refractivity contribution in [1.82, 2.24) is 9.78 Å². The highest BCUT2D eigenvalue weighted by Gasteiger charge is 2.32. The second-order valence-electron chi connectivity index (χ2n) is 6.77. The van der Waals surface area contributed by atoms with Crippen LogP contribution < -0.4 is 4.90 Å². The van der Waals surface area contributed by atoms with Crippen LogP contribution in [-0.2, 0) is 16.3 Å². The molecule has 6 nitrogen and oxygen atoms in total. The molecule has 7 heteroatoms. The smallest absolute Gasteiger partial charge is 0.261 e. The monoisotopic (exact) mass is 381 g/mol. The van der Waals surface area contributed by atoms with E-state index < -0.39 is 9.84 Å². The fraction of sp³-hybridized carbons (Fsp3) is 0.200. The number of rotatable bonds is 3. The number of sulfone groups is 1. The fourth-order valence-electron chi connectivity index (χ4n) is 3.54. The molecular weight excluding hydrogens is 362 g/mol. The van der Waals surface area contributed by atoms with Crippen molar-refractivity contribution in [2.24, 2.45) is 0 Å². The summed E-state index contributed by atoms with van der Waals surface area (Å²) in [5.74, 6) is -0.143. The molecule has 2 aromatic carbocycles. The van der Waals surface area contributed by atoms with E-state index >= 15 is 0 Å². The topological polar surface area (TPSA) is 72.3 Å². The highest BCUT2D eigenvalue weighted by Crippen LogP contribution is 2.33. The van der Waals surface area contributed by atoms with Gasteiger partial charge < -0.3 is 4.90 Å². The Morgan fingerprint density at radius 1 is 1.07 bits per heavy atom. The zero-order valence-electron chi connectivity index (χ0n) is 15.0. The largest absolute Gasteiger partial charge is 0.305 e. The maximum atomic E-state index is 13.1. The Morgan fingerprint density at radius 2 is 1.74 bits per heavy atom. The summed E-state index contributed by atoms with van der Waals surface area (Å²) >= 11 is 0. The summed E-state index contributed by atoms with van der Waals surface area (Å²) in [6, 6.07) is 14.5. The lowest BCUT2D eigenvalue weighted by Gasteiger charge is -2.21. The average molecular weight is 381 g/mol. The highest BCUT2D eigenvalue weighted by atomic mass is 32.2. The van der Waals surface area contributed by atoms with E-state index in [1.165, 1.54) is 16.9 Å². The lowest BCUT2D eigenvalue weighted by atomic mass is 10.1. The maximum absolute atomic E-state index is 13.1. The number of nitrogens with zero attached hydrogens (tertiary/aromatic N) is 3. The first kappa shape index (κ1) is 17.5. The van der Waals surface area contributed by atoms with Gasteiger partial charge in [0, 0.05) is 24.2 Å². The van der Waals surface area contributed by atoms with Crippen LogP contribution in [0.4, 0.5) is 5.69 Å². The molecule has 0 radical (unpaired) electrons. The summed E-state index contributed by atoms with van der Waals surface area (Å²) in [6.45, 7) is 2.02. The number of anilines is 1. The SMILES string of the molecule is C[C@@H]1Cc2ccccc2N1C(=O)c1cnn(-c2ccccc2S(C)(=O)=O)c1. The van der Waals surface area contributed by atoms with Crippen LogP contribution in [0.1, 0.15) is 22.8 Å². The molecule has 27 heavy (non-hydrogen) atoms. The number of para-hydroxylation sites is 2. The van der Waals surface area contributed by atoms with Gasteiger partial charge in [-0.3, -0.25) is 4.79 Å². The van der Waals surface area contributed by atoms with E-state index in [0.29, 0.717) is 11.3 Å². The van der Waals surface area contributed by atoms with Crippen molar-refractivity contribution in [2.75, 3.05) is 11.2 Å². The Morgan fingerprint density at radius 3 is 2.48 bits per heavy atom. The quantitative estimate of drug-likeness (QED) is 0.699. The highest BCUT2D eigenvalue weighted by molar-refractivity contribution is 7.90. The van der Waals surface area contributed by atoms with Gasteiger partial charge in [0.1, 0.15) is 0 Å². The molecule has 1 aliphatic rings. The minimum Gasteiger partial charge on any atom is -0.305 e. The minimum atomic E-state index is -3.41. The summed E-state index contributed by atoms with van der Waals surface area (Å²) in [5, 5.41) is 4.24. The Hall–Kier alpha value is -2.93. The molecule has 1 aliphatic heterocycles. The molecule has 138 valence electrons. The Kier molecular flexibility index (Phi) is 4.11. The van der Waals surface area contributed by atoms with Crippen LogP contribution >= 0.6 is 0 Å². The van der Waals surface area contributed by atoms with Crippen molar-refractivity contribution in [3.8, 4) is 5.69 Å². The molecule has 0 N–H and O–H groups in total. The molecule has 0 aliphatic carbocycles. The molecule has 1 atom stereocenters. The summed E-state index contributed by atoms with van der Waals surface area (Å²) in [5.41, 5.74) is 2.91. The lowest BCUT2D eigenvalue weighted by Crippen LogP contribution is -2.35.